The Balaban J connectivity index is 2.11. The lowest BCUT2D eigenvalue weighted by molar-refractivity contribution is -0.193. The second-order valence-electron chi connectivity index (χ2n) is 6.47. The van der Waals surface area contributed by atoms with E-state index in [0.717, 1.165) is 18.4 Å². The molecule has 1 fully saturated rings. The van der Waals surface area contributed by atoms with E-state index in [1.54, 1.807) is 13.0 Å². The molecule has 4 nitrogen and oxygen atoms in total. The summed E-state index contributed by atoms with van der Waals surface area (Å²) in [5, 5.41) is 9.57. The zero-order valence-electron chi connectivity index (χ0n) is 11.9. The van der Waals surface area contributed by atoms with E-state index < -0.39 is 11.6 Å². The zero-order valence-corrected chi connectivity index (χ0v) is 11.9. The van der Waals surface area contributed by atoms with Crippen molar-refractivity contribution in [3.8, 4) is 0 Å². The van der Waals surface area contributed by atoms with Gasteiger partial charge in [-0.2, -0.15) is 0 Å². The Labute approximate surface area is 118 Å². The van der Waals surface area contributed by atoms with Crippen LogP contribution in [-0.4, -0.2) is 29.1 Å². The van der Waals surface area contributed by atoms with E-state index in [1.165, 1.54) is 5.57 Å². The molecule has 0 spiro atoms. The summed E-state index contributed by atoms with van der Waals surface area (Å²) in [7, 11) is 0. The van der Waals surface area contributed by atoms with Crippen LogP contribution >= 0.6 is 0 Å². The highest BCUT2D eigenvalue weighted by Crippen LogP contribution is 2.56. The minimum Gasteiger partial charge on any atom is -0.479 e. The summed E-state index contributed by atoms with van der Waals surface area (Å²) in [5.74, 6) is -0.877. The monoisotopic (exact) mass is 276 g/mol. The summed E-state index contributed by atoms with van der Waals surface area (Å²) in [6.45, 7) is 4.19. The van der Waals surface area contributed by atoms with Crippen LogP contribution in [0.25, 0.3) is 0 Å². The van der Waals surface area contributed by atoms with Gasteiger partial charge in [0.25, 0.3) is 0 Å². The SMILES string of the molecule is C[C@@]12CCO[C@](C)(C(=O)O)[C@H]1CC=C1CCC(=O)C=C12. The van der Waals surface area contributed by atoms with Gasteiger partial charge in [-0.25, -0.2) is 4.79 Å². The first-order valence-corrected chi connectivity index (χ1v) is 7.20. The highest BCUT2D eigenvalue weighted by molar-refractivity contribution is 5.93. The van der Waals surface area contributed by atoms with Gasteiger partial charge in [0.1, 0.15) is 0 Å². The molecule has 1 heterocycles. The van der Waals surface area contributed by atoms with Gasteiger partial charge in [0.15, 0.2) is 11.4 Å². The molecule has 1 aliphatic heterocycles. The number of fused-ring (bicyclic) bond motifs is 3. The molecule has 108 valence electrons. The summed E-state index contributed by atoms with van der Waals surface area (Å²) in [5.41, 5.74) is 0.848. The van der Waals surface area contributed by atoms with E-state index >= 15 is 0 Å². The van der Waals surface area contributed by atoms with Crippen molar-refractivity contribution in [2.45, 2.75) is 45.1 Å². The Kier molecular flexibility index (Phi) is 2.91. The second-order valence-corrected chi connectivity index (χ2v) is 6.47. The van der Waals surface area contributed by atoms with Gasteiger partial charge >= 0.3 is 5.97 Å². The van der Waals surface area contributed by atoms with Gasteiger partial charge in [0.05, 0.1) is 0 Å². The molecule has 3 rings (SSSR count). The molecule has 0 amide bonds. The van der Waals surface area contributed by atoms with Crippen LogP contribution in [0.1, 0.15) is 39.5 Å². The van der Waals surface area contributed by atoms with Crippen LogP contribution < -0.4 is 0 Å². The van der Waals surface area contributed by atoms with Crippen LogP contribution in [0.3, 0.4) is 0 Å². The normalized spacial score (nSPS) is 40.3. The minimum absolute atomic E-state index is 0.123. The van der Waals surface area contributed by atoms with Crippen molar-refractivity contribution in [2.24, 2.45) is 11.3 Å². The first-order valence-electron chi connectivity index (χ1n) is 7.20. The van der Waals surface area contributed by atoms with Crippen LogP contribution in [0.5, 0.6) is 0 Å². The molecule has 0 aromatic heterocycles. The molecule has 0 bridgehead atoms. The van der Waals surface area contributed by atoms with Crippen LogP contribution in [-0.2, 0) is 14.3 Å². The third-order valence-electron chi connectivity index (χ3n) is 5.39. The molecule has 0 aromatic rings. The van der Waals surface area contributed by atoms with Gasteiger partial charge in [-0.15, -0.1) is 0 Å². The van der Waals surface area contributed by atoms with E-state index in [4.69, 9.17) is 4.74 Å². The number of carbonyl (C=O) groups is 2. The molecular formula is C16H20O4. The predicted octanol–water partition coefficient (Wildman–Crippen LogP) is 2.49. The van der Waals surface area contributed by atoms with E-state index in [1.807, 2.05) is 0 Å². The molecule has 3 atom stereocenters. The first-order chi connectivity index (χ1) is 9.38. The fourth-order valence-corrected chi connectivity index (χ4v) is 4.10. The van der Waals surface area contributed by atoms with Crippen LogP contribution in [0, 0.1) is 11.3 Å². The standard InChI is InChI=1S/C16H20O4/c1-15-7-8-20-16(2,14(18)19)13(15)6-4-10-3-5-11(17)9-12(10)15/h4,9,13H,3,5-8H2,1-2H3,(H,18,19)/t13-,15-,16-/m0/s1. The van der Waals surface area contributed by atoms with E-state index in [9.17, 15) is 14.7 Å². The molecule has 0 aromatic carbocycles. The number of aliphatic carboxylic acids is 1. The topological polar surface area (TPSA) is 63.6 Å². The molecule has 0 saturated carbocycles. The quantitative estimate of drug-likeness (QED) is 0.799. The van der Waals surface area contributed by atoms with Crippen LogP contribution in [0.15, 0.2) is 23.3 Å². The Morgan fingerprint density at radius 2 is 2.15 bits per heavy atom. The third-order valence-corrected chi connectivity index (χ3v) is 5.39. The molecule has 0 radical (unpaired) electrons. The molecule has 3 aliphatic rings. The fourth-order valence-electron chi connectivity index (χ4n) is 4.10. The molecule has 1 N–H and O–H groups in total. The number of carboxylic acids is 1. The highest BCUT2D eigenvalue weighted by atomic mass is 16.5. The number of ketones is 1. The van der Waals surface area contributed by atoms with Gasteiger partial charge in [-0.3, -0.25) is 4.79 Å². The number of hydrogen-bond acceptors (Lipinski definition) is 3. The molecule has 0 unspecified atom stereocenters. The van der Waals surface area contributed by atoms with Crippen LogP contribution in [0.4, 0.5) is 0 Å². The van der Waals surface area contributed by atoms with E-state index in [-0.39, 0.29) is 17.1 Å². The molecular weight excluding hydrogens is 256 g/mol. The number of allylic oxidation sites excluding steroid dienone is 4. The summed E-state index contributed by atoms with van der Waals surface area (Å²) >= 11 is 0. The maximum atomic E-state index is 11.8. The van der Waals surface area contributed by atoms with Gasteiger partial charge in [0.2, 0.25) is 0 Å². The number of hydrogen-bond donors (Lipinski definition) is 1. The van der Waals surface area contributed by atoms with Crippen molar-refractivity contribution in [1.29, 1.82) is 0 Å². The molecule has 2 aliphatic carbocycles. The van der Waals surface area contributed by atoms with Gasteiger partial charge < -0.3 is 9.84 Å². The summed E-state index contributed by atoms with van der Waals surface area (Å²) in [6.07, 6.45) is 6.70. The number of rotatable bonds is 1. The summed E-state index contributed by atoms with van der Waals surface area (Å²) in [6, 6.07) is 0. The maximum absolute atomic E-state index is 11.8. The Bertz CT molecular complexity index is 545. The molecule has 20 heavy (non-hydrogen) atoms. The molecule has 4 heteroatoms. The summed E-state index contributed by atoms with van der Waals surface area (Å²) in [4.78, 5) is 23.4. The zero-order chi connectivity index (χ0) is 14.5. The van der Waals surface area contributed by atoms with Crippen molar-refractivity contribution in [3.05, 3.63) is 23.3 Å². The van der Waals surface area contributed by atoms with E-state index in [2.05, 4.69) is 13.0 Å². The highest BCUT2D eigenvalue weighted by Gasteiger charge is 2.57. The van der Waals surface area contributed by atoms with Crippen LogP contribution in [0.2, 0.25) is 0 Å². The Hall–Kier alpha value is -1.42. The first kappa shape index (κ1) is 13.6. The number of carbonyl (C=O) groups excluding carboxylic acids is 1. The second kappa shape index (κ2) is 4.29. The lowest BCUT2D eigenvalue weighted by Crippen LogP contribution is -2.57. The average Bonchev–Trinajstić information content (AvgIpc) is 2.39. The lowest BCUT2D eigenvalue weighted by atomic mass is 9.55. The van der Waals surface area contributed by atoms with Crippen molar-refractivity contribution in [2.75, 3.05) is 6.61 Å². The third kappa shape index (κ3) is 1.71. The molecule has 1 saturated heterocycles. The Morgan fingerprint density at radius 1 is 1.40 bits per heavy atom. The smallest absolute Gasteiger partial charge is 0.336 e. The largest absolute Gasteiger partial charge is 0.479 e. The lowest BCUT2D eigenvalue weighted by Gasteiger charge is -2.53. The predicted molar refractivity (Wildman–Crippen MR) is 73.2 cm³/mol. The van der Waals surface area contributed by atoms with Crippen molar-refractivity contribution in [1.82, 2.24) is 0 Å². The van der Waals surface area contributed by atoms with Gasteiger partial charge in [-0.1, -0.05) is 13.0 Å². The number of ether oxygens (including phenoxy) is 1. The van der Waals surface area contributed by atoms with Crippen molar-refractivity contribution >= 4 is 11.8 Å². The van der Waals surface area contributed by atoms with Gasteiger partial charge in [-0.05, 0) is 43.4 Å². The maximum Gasteiger partial charge on any atom is 0.336 e. The average molecular weight is 276 g/mol. The van der Waals surface area contributed by atoms with Crippen molar-refractivity contribution in [3.63, 3.8) is 0 Å². The van der Waals surface area contributed by atoms with E-state index in [0.29, 0.717) is 19.4 Å². The van der Waals surface area contributed by atoms with Gasteiger partial charge in [0, 0.05) is 24.4 Å². The number of carboxylic acid groups (broad SMARTS) is 1. The fraction of sp³-hybridized carbons (Fsp3) is 0.625. The minimum atomic E-state index is -1.17. The van der Waals surface area contributed by atoms with Crippen molar-refractivity contribution < 1.29 is 19.4 Å². The summed E-state index contributed by atoms with van der Waals surface area (Å²) < 4.78 is 5.63. The Morgan fingerprint density at radius 3 is 2.85 bits per heavy atom.